The second kappa shape index (κ2) is 10.4. The summed E-state index contributed by atoms with van der Waals surface area (Å²) >= 11 is 0. The molecule has 7 heteroatoms. The van der Waals surface area contributed by atoms with Crippen LogP contribution in [0, 0.1) is 0 Å². The summed E-state index contributed by atoms with van der Waals surface area (Å²) in [7, 11) is 0. The van der Waals surface area contributed by atoms with Gasteiger partial charge in [-0.25, -0.2) is 9.78 Å². The van der Waals surface area contributed by atoms with Crippen molar-refractivity contribution in [2.75, 3.05) is 36.4 Å². The van der Waals surface area contributed by atoms with Crippen LogP contribution in [0.25, 0.3) is 0 Å². The first-order valence-corrected chi connectivity index (χ1v) is 10.7. The summed E-state index contributed by atoms with van der Waals surface area (Å²) in [5, 5.41) is 2.86. The topological polar surface area (TPSA) is 74.8 Å². The summed E-state index contributed by atoms with van der Waals surface area (Å²) in [5.41, 5.74) is 2.22. The highest BCUT2D eigenvalue weighted by Crippen LogP contribution is 2.17. The molecule has 32 heavy (non-hydrogen) atoms. The Labute approximate surface area is 187 Å². The van der Waals surface area contributed by atoms with Crippen molar-refractivity contribution in [2.45, 2.75) is 13.0 Å². The lowest BCUT2D eigenvalue weighted by molar-refractivity contribution is 0.0984. The van der Waals surface area contributed by atoms with Crippen LogP contribution >= 0.6 is 0 Å². The number of anilines is 2. The smallest absolute Gasteiger partial charge is 0.410 e. The highest BCUT2D eigenvalue weighted by molar-refractivity contribution is 6.04. The molecule has 0 aliphatic carbocycles. The Morgan fingerprint density at radius 1 is 0.875 bits per heavy atom. The standard InChI is InChI=1S/C25H26N4O3/c30-24(21-10-5-2-6-11-21)27-22-12-13-23(26-18-22)28-14-7-15-29(17-16-28)25(31)32-19-20-8-3-1-4-9-20/h1-6,8-13,18H,7,14-17,19H2,(H,27,30). The molecular formula is C25H26N4O3. The average molecular weight is 431 g/mol. The van der Waals surface area contributed by atoms with Gasteiger partial charge in [0.1, 0.15) is 12.4 Å². The molecule has 1 fully saturated rings. The molecular weight excluding hydrogens is 404 g/mol. The maximum atomic E-state index is 12.5. The Bertz CT molecular complexity index is 1030. The Balaban J connectivity index is 1.29. The molecule has 7 nitrogen and oxygen atoms in total. The van der Waals surface area contributed by atoms with E-state index in [1.165, 1.54) is 0 Å². The van der Waals surface area contributed by atoms with E-state index >= 15 is 0 Å². The third-order valence-corrected chi connectivity index (χ3v) is 5.32. The van der Waals surface area contributed by atoms with E-state index < -0.39 is 0 Å². The van der Waals surface area contributed by atoms with E-state index in [4.69, 9.17) is 4.74 Å². The Morgan fingerprint density at radius 2 is 1.62 bits per heavy atom. The molecule has 3 aromatic rings. The van der Waals surface area contributed by atoms with Crippen LogP contribution in [0.3, 0.4) is 0 Å². The van der Waals surface area contributed by atoms with Crippen LogP contribution in [0.4, 0.5) is 16.3 Å². The van der Waals surface area contributed by atoms with Crippen molar-refractivity contribution in [2.24, 2.45) is 0 Å². The molecule has 0 radical (unpaired) electrons. The zero-order valence-corrected chi connectivity index (χ0v) is 17.8. The summed E-state index contributed by atoms with van der Waals surface area (Å²) in [5.74, 6) is 0.654. The van der Waals surface area contributed by atoms with Crippen LogP contribution in [-0.4, -0.2) is 48.1 Å². The summed E-state index contributed by atoms with van der Waals surface area (Å²) in [4.78, 5) is 33.2. The Morgan fingerprint density at radius 3 is 2.34 bits per heavy atom. The van der Waals surface area contributed by atoms with Gasteiger partial charge in [0.05, 0.1) is 11.9 Å². The predicted molar refractivity (Wildman–Crippen MR) is 124 cm³/mol. The molecule has 164 valence electrons. The van der Waals surface area contributed by atoms with Gasteiger partial charge in [0.2, 0.25) is 0 Å². The van der Waals surface area contributed by atoms with Crippen LogP contribution in [0.2, 0.25) is 0 Å². The van der Waals surface area contributed by atoms with E-state index in [1.54, 1.807) is 23.2 Å². The number of benzene rings is 2. The monoisotopic (exact) mass is 430 g/mol. The second-order valence-corrected chi connectivity index (χ2v) is 7.59. The van der Waals surface area contributed by atoms with E-state index in [-0.39, 0.29) is 18.6 Å². The quantitative estimate of drug-likeness (QED) is 0.657. The fourth-order valence-corrected chi connectivity index (χ4v) is 3.58. The molecule has 1 N–H and O–H groups in total. The second-order valence-electron chi connectivity index (χ2n) is 7.59. The number of rotatable bonds is 5. The molecule has 2 amide bonds. The third-order valence-electron chi connectivity index (χ3n) is 5.32. The largest absolute Gasteiger partial charge is 0.445 e. The van der Waals surface area contributed by atoms with Crippen LogP contribution in [-0.2, 0) is 11.3 Å². The van der Waals surface area contributed by atoms with Gasteiger partial charge in [0.25, 0.3) is 5.91 Å². The molecule has 0 spiro atoms. The summed E-state index contributed by atoms with van der Waals surface area (Å²) in [6, 6.07) is 22.5. The number of pyridine rings is 1. The van der Waals surface area contributed by atoms with Crippen LogP contribution < -0.4 is 10.2 Å². The van der Waals surface area contributed by atoms with E-state index in [9.17, 15) is 9.59 Å². The van der Waals surface area contributed by atoms with Gasteiger partial charge in [-0.15, -0.1) is 0 Å². The molecule has 2 aromatic carbocycles. The third kappa shape index (κ3) is 5.63. The summed E-state index contributed by atoms with van der Waals surface area (Å²) in [6.07, 6.45) is 2.20. The molecule has 1 aliphatic heterocycles. The highest BCUT2D eigenvalue weighted by Gasteiger charge is 2.21. The van der Waals surface area contributed by atoms with Crippen LogP contribution in [0.15, 0.2) is 79.0 Å². The lowest BCUT2D eigenvalue weighted by atomic mass is 10.2. The molecule has 0 unspecified atom stereocenters. The first kappa shape index (κ1) is 21.4. The fraction of sp³-hybridized carbons (Fsp3) is 0.240. The van der Waals surface area contributed by atoms with Gasteiger partial charge in [-0.3, -0.25) is 4.79 Å². The van der Waals surface area contributed by atoms with Crippen molar-refractivity contribution in [1.82, 2.24) is 9.88 Å². The van der Waals surface area contributed by atoms with Crippen LogP contribution in [0.1, 0.15) is 22.3 Å². The Hall–Kier alpha value is -3.87. The van der Waals surface area contributed by atoms with Gasteiger partial charge in [-0.05, 0) is 36.2 Å². The molecule has 4 rings (SSSR count). The molecule has 1 aliphatic rings. The maximum absolute atomic E-state index is 12.5. The molecule has 0 saturated carbocycles. The van der Waals surface area contributed by atoms with Gasteiger partial charge in [0, 0.05) is 31.7 Å². The summed E-state index contributed by atoms with van der Waals surface area (Å²) in [6.45, 7) is 2.96. The number of carbonyl (C=O) groups excluding carboxylic acids is 2. The number of nitrogens with one attached hydrogen (secondary N) is 1. The normalized spacial score (nSPS) is 13.9. The zero-order valence-electron chi connectivity index (χ0n) is 17.8. The molecule has 2 heterocycles. The van der Waals surface area contributed by atoms with Gasteiger partial charge in [-0.1, -0.05) is 48.5 Å². The lowest BCUT2D eigenvalue weighted by Crippen LogP contribution is -2.35. The minimum Gasteiger partial charge on any atom is -0.445 e. The van der Waals surface area contributed by atoms with Gasteiger partial charge in [-0.2, -0.15) is 0 Å². The van der Waals surface area contributed by atoms with Crippen LogP contribution in [0.5, 0.6) is 0 Å². The van der Waals surface area contributed by atoms with Gasteiger partial charge < -0.3 is 19.9 Å². The number of nitrogens with zero attached hydrogens (tertiary/aromatic N) is 3. The SMILES string of the molecule is O=C(Nc1ccc(N2CCCN(C(=O)OCc3ccccc3)CC2)nc1)c1ccccc1. The van der Waals surface area contributed by atoms with E-state index in [0.29, 0.717) is 30.9 Å². The Kier molecular flexibility index (Phi) is 6.97. The van der Waals surface area contributed by atoms with Crippen molar-refractivity contribution in [3.05, 3.63) is 90.1 Å². The lowest BCUT2D eigenvalue weighted by Gasteiger charge is -2.22. The predicted octanol–water partition coefficient (Wildman–Crippen LogP) is 4.18. The molecule has 0 atom stereocenters. The van der Waals surface area contributed by atoms with Crippen molar-refractivity contribution in [3.63, 3.8) is 0 Å². The van der Waals surface area contributed by atoms with Crippen molar-refractivity contribution in [1.29, 1.82) is 0 Å². The fourth-order valence-electron chi connectivity index (χ4n) is 3.58. The first-order chi connectivity index (χ1) is 15.7. The van der Waals surface area contributed by atoms with E-state index in [0.717, 1.165) is 24.3 Å². The number of carbonyl (C=O) groups is 2. The number of hydrogen-bond donors (Lipinski definition) is 1. The first-order valence-electron chi connectivity index (χ1n) is 10.7. The average Bonchev–Trinajstić information content (AvgIpc) is 3.11. The van der Waals surface area contributed by atoms with Crippen molar-refractivity contribution >= 4 is 23.5 Å². The highest BCUT2D eigenvalue weighted by atomic mass is 16.6. The van der Waals surface area contributed by atoms with Gasteiger partial charge >= 0.3 is 6.09 Å². The molecule has 1 aromatic heterocycles. The summed E-state index contributed by atoms with van der Waals surface area (Å²) < 4.78 is 5.47. The number of hydrogen-bond acceptors (Lipinski definition) is 5. The van der Waals surface area contributed by atoms with Crippen molar-refractivity contribution < 1.29 is 14.3 Å². The van der Waals surface area contributed by atoms with E-state index in [1.807, 2.05) is 60.7 Å². The minimum atomic E-state index is -0.289. The number of aromatic nitrogens is 1. The minimum absolute atomic E-state index is 0.167. The van der Waals surface area contributed by atoms with Gasteiger partial charge in [0.15, 0.2) is 0 Å². The molecule has 1 saturated heterocycles. The number of amides is 2. The zero-order chi connectivity index (χ0) is 22.2. The van der Waals surface area contributed by atoms with Crippen molar-refractivity contribution in [3.8, 4) is 0 Å². The molecule has 0 bridgehead atoms. The maximum Gasteiger partial charge on any atom is 0.410 e. The number of ether oxygens (including phenoxy) is 1. The van der Waals surface area contributed by atoms with E-state index in [2.05, 4.69) is 15.2 Å².